The van der Waals surface area contributed by atoms with Gasteiger partial charge in [-0.25, -0.2) is 0 Å². The van der Waals surface area contributed by atoms with Crippen molar-refractivity contribution in [1.82, 2.24) is 0 Å². The van der Waals surface area contributed by atoms with E-state index in [9.17, 15) is 10.2 Å². The van der Waals surface area contributed by atoms with Crippen LogP contribution in [0.2, 0.25) is 0 Å². The van der Waals surface area contributed by atoms with E-state index in [4.69, 9.17) is 4.74 Å². The Balaban J connectivity index is 2.21. The maximum atomic E-state index is 9.58. The van der Waals surface area contributed by atoms with Crippen LogP contribution in [0, 0.1) is 0 Å². The fourth-order valence-electron chi connectivity index (χ4n) is 1.52. The smallest absolute Gasteiger partial charge is 0.0801 e. The fourth-order valence-corrected chi connectivity index (χ4v) is 1.52. The van der Waals surface area contributed by atoms with E-state index in [2.05, 4.69) is 0 Å². The molecule has 0 spiro atoms. The van der Waals surface area contributed by atoms with Crippen molar-refractivity contribution in [1.29, 1.82) is 0 Å². The molecule has 90 valence electrons. The van der Waals surface area contributed by atoms with Crippen LogP contribution in [0.3, 0.4) is 0 Å². The van der Waals surface area contributed by atoms with Crippen molar-refractivity contribution in [2.24, 2.45) is 0 Å². The summed E-state index contributed by atoms with van der Waals surface area (Å²) in [7, 11) is 0. The zero-order chi connectivity index (χ0) is 12.0. The summed E-state index contributed by atoms with van der Waals surface area (Å²) in [4.78, 5) is 0. The number of aliphatic hydroxyl groups excluding tert-OH is 1. The highest BCUT2D eigenvalue weighted by molar-refractivity contribution is 5.13. The molecule has 0 heterocycles. The largest absolute Gasteiger partial charge is 0.391 e. The maximum Gasteiger partial charge on any atom is 0.0801 e. The van der Waals surface area contributed by atoms with E-state index in [1.165, 1.54) is 0 Å². The minimum atomic E-state index is -0.852. The number of benzene rings is 1. The van der Waals surface area contributed by atoms with Gasteiger partial charge in [-0.3, -0.25) is 0 Å². The minimum Gasteiger partial charge on any atom is -0.391 e. The van der Waals surface area contributed by atoms with Gasteiger partial charge in [0, 0.05) is 6.42 Å². The fraction of sp³-hybridized carbons (Fsp3) is 0.538. The highest BCUT2D eigenvalue weighted by atomic mass is 16.5. The highest BCUT2D eigenvalue weighted by Crippen LogP contribution is 2.11. The Morgan fingerprint density at radius 3 is 2.44 bits per heavy atom. The molecule has 1 unspecified atom stereocenters. The quantitative estimate of drug-likeness (QED) is 0.773. The highest BCUT2D eigenvalue weighted by Gasteiger charge is 2.18. The van der Waals surface area contributed by atoms with Crippen molar-refractivity contribution in [3.8, 4) is 0 Å². The summed E-state index contributed by atoms with van der Waals surface area (Å²) in [6, 6.07) is 9.80. The van der Waals surface area contributed by atoms with Crippen molar-refractivity contribution in [3.05, 3.63) is 35.9 Å². The Labute approximate surface area is 96.7 Å². The van der Waals surface area contributed by atoms with Crippen LogP contribution in [0.15, 0.2) is 30.3 Å². The van der Waals surface area contributed by atoms with Crippen LogP contribution >= 0.6 is 0 Å². The summed E-state index contributed by atoms with van der Waals surface area (Å²) in [5.41, 5.74) is 0.230. The van der Waals surface area contributed by atoms with Gasteiger partial charge in [-0.05, 0) is 19.4 Å². The van der Waals surface area contributed by atoms with E-state index in [0.717, 1.165) is 5.56 Å². The average molecular weight is 224 g/mol. The van der Waals surface area contributed by atoms with E-state index >= 15 is 0 Å². The first-order valence-corrected chi connectivity index (χ1v) is 5.49. The Bertz CT molecular complexity index is 290. The molecule has 0 amide bonds. The van der Waals surface area contributed by atoms with Gasteiger partial charge in [-0.15, -0.1) is 0 Å². The second-order valence-electron chi connectivity index (χ2n) is 4.67. The monoisotopic (exact) mass is 224 g/mol. The lowest BCUT2D eigenvalue weighted by atomic mass is 10.0. The summed E-state index contributed by atoms with van der Waals surface area (Å²) in [5.74, 6) is 0. The third kappa shape index (κ3) is 5.85. The lowest BCUT2D eigenvalue weighted by Crippen LogP contribution is -2.29. The first-order valence-electron chi connectivity index (χ1n) is 5.49. The van der Waals surface area contributed by atoms with Crippen molar-refractivity contribution in [2.75, 3.05) is 6.61 Å². The lowest BCUT2D eigenvalue weighted by molar-refractivity contribution is -0.0261. The Morgan fingerprint density at radius 1 is 1.25 bits per heavy atom. The van der Waals surface area contributed by atoms with Gasteiger partial charge in [-0.1, -0.05) is 30.3 Å². The SMILES string of the molecule is CC(C)(O)CC(O)COCc1ccccc1. The van der Waals surface area contributed by atoms with E-state index in [-0.39, 0.29) is 6.61 Å². The zero-order valence-electron chi connectivity index (χ0n) is 9.89. The topological polar surface area (TPSA) is 49.7 Å². The first-order chi connectivity index (χ1) is 7.47. The molecule has 1 aromatic carbocycles. The van der Waals surface area contributed by atoms with Gasteiger partial charge in [0.2, 0.25) is 0 Å². The number of hydrogen-bond acceptors (Lipinski definition) is 3. The maximum absolute atomic E-state index is 9.58. The van der Waals surface area contributed by atoms with E-state index < -0.39 is 11.7 Å². The molecule has 1 rings (SSSR count). The van der Waals surface area contributed by atoms with Gasteiger partial charge < -0.3 is 14.9 Å². The molecule has 0 saturated heterocycles. The van der Waals surface area contributed by atoms with Crippen molar-refractivity contribution >= 4 is 0 Å². The molecule has 0 aliphatic carbocycles. The van der Waals surface area contributed by atoms with Crippen LogP contribution in [0.25, 0.3) is 0 Å². The molecular weight excluding hydrogens is 204 g/mol. The molecule has 0 radical (unpaired) electrons. The first kappa shape index (κ1) is 13.2. The van der Waals surface area contributed by atoms with Crippen LogP contribution < -0.4 is 0 Å². The molecule has 0 fully saturated rings. The number of hydrogen-bond donors (Lipinski definition) is 2. The van der Waals surface area contributed by atoms with Crippen molar-refractivity contribution in [2.45, 2.75) is 38.6 Å². The summed E-state index contributed by atoms with van der Waals surface area (Å²) in [6.45, 7) is 4.09. The van der Waals surface area contributed by atoms with Gasteiger partial charge in [0.1, 0.15) is 0 Å². The molecule has 0 aromatic heterocycles. The average Bonchev–Trinajstić information content (AvgIpc) is 2.16. The number of rotatable bonds is 6. The Kier molecular flexibility index (Phi) is 4.93. The second-order valence-corrected chi connectivity index (χ2v) is 4.67. The van der Waals surface area contributed by atoms with Crippen molar-refractivity contribution in [3.63, 3.8) is 0 Å². The van der Waals surface area contributed by atoms with Gasteiger partial charge >= 0.3 is 0 Å². The summed E-state index contributed by atoms with van der Waals surface area (Å²) < 4.78 is 5.37. The molecule has 1 atom stereocenters. The molecule has 0 bridgehead atoms. The molecule has 0 aliphatic rings. The van der Waals surface area contributed by atoms with Crippen LogP contribution in [-0.4, -0.2) is 28.5 Å². The van der Waals surface area contributed by atoms with Gasteiger partial charge in [0.15, 0.2) is 0 Å². The van der Waals surface area contributed by atoms with Gasteiger partial charge in [0.25, 0.3) is 0 Å². The van der Waals surface area contributed by atoms with Gasteiger partial charge in [0.05, 0.1) is 24.9 Å². The standard InChI is InChI=1S/C13H20O3/c1-13(2,15)8-12(14)10-16-9-11-6-4-3-5-7-11/h3-7,12,14-15H,8-10H2,1-2H3. The second kappa shape index (κ2) is 5.99. The third-order valence-corrected chi connectivity index (χ3v) is 2.16. The van der Waals surface area contributed by atoms with Crippen LogP contribution in [0.5, 0.6) is 0 Å². The normalized spacial score (nSPS) is 13.8. The van der Waals surface area contributed by atoms with Crippen LogP contribution in [0.1, 0.15) is 25.8 Å². The van der Waals surface area contributed by atoms with E-state index in [1.807, 2.05) is 30.3 Å². The molecule has 3 heteroatoms. The van der Waals surface area contributed by atoms with E-state index in [0.29, 0.717) is 13.0 Å². The van der Waals surface area contributed by atoms with Crippen molar-refractivity contribution < 1.29 is 14.9 Å². The summed E-state index contributed by atoms with van der Waals surface area (Å²) >= 11 is 0. The van der Waals surface area contributed by atoms with Crippen LogP contribution in [-0.2, 0) is 11.3 Å². The number of ether oxygens (including phenoxy) is 1. The minimum absolute atomic E-state index is 0.249. The molecule has 3 nitrogen and oxygen atoms in total. The molecule has 1 aromatic rings. The predicted octanol–water partition coefficient (Wildman–Crippen LogP) is 1.73. The third-order valence-electron chi connectivity index (χ3n) is 2.16. The number of aliphatic hydroxyl groups is 2. The van der Waals surface area contributed by atoms with Crippen LogP contribution in [0.4, 0.5) is 0 Å². The Morgan fingerprint density at radius 2 is 1.88 bits per heavy atom. The Hall–Kier alpha value is -0.900. The zero-order valence-corrected chi connectivity index (χ0v) is 9.89. The summed E-state index contributed by atoms with van der Waals surface area (Å²) in [5, 5.41) is 19.1. The van der Waals surface area contributed by atoms with Gasteiger partial charge in [-0.2, -0.15) is 0 Å². The molecule has 0 aliphatic heterocycles. The summed E-state index contributed by atoms with van der Waals surface area (Å²) in [6.07, 6.45) is -0.300. The predicted molar refractivity (Wildman–Crippen MR) is 63.0 cm³/mol. The molecule has 0 saturated carbocycles. The molecule has 2 N–H and O–H groups in total. The molecule has 16 heavy (non-hydrogen) atoms. The molecular formula is C13H20O3. The lowest BCUT2D eigenvalue weighted by Gasteiger charge is -2.21. The van der Waals surface area contributed by atoms with E-state index in [1.54, 1.807) is 13.8 Å².